The van der Waals surface area contributed by atoms with E-state index in [0.717, 1.165) is 6.42 Å². The molecule has 2 rings (SSSR count). The van der Waals surface area contributed by atoms with Crippen molar-refractivity contribution in [3.8, 4) is 0 Å². The van der Waals surface area contributed by atoms with E-state index in [-0.39, 0.29) is 12.2 Å². The molecule has 19 heavy (non-hydrogen) atoms. The number of hydrogen-bond acceptors (Lipinski definition) is 5. The Morgan fingerprint density at radius 3 is 2.89 bits per heavy atom. The molecular formula is C12H16N4O3. The Kier molecular flexibility index (Phi) is 3.96. The van der Waals surface area contributed by atoms with Gasteiger partial charge >= 0.3 is 5.97 Å². The van der Waals surface area contributed by atoms with Crippen LogP contribution in [0.2, 0.25) is 0 Å². The minimum absolute atomic E-state index is 0.129. The molecule has 2 heterocycles. The fourth-order valence-electron chi connectivity index (χ4n) is 1.90. The number of carbonyl (C=O) groups is 1. The summed E-state index contributed by atoms with van der Waals surface area (Å²) in [6.07, 6.45) is 4.38. The molecule has 3 N–H and O–H groups in total. The number of fused-ring (bicyclic) bond motifs is 1. The highest BCUT2D eigenvalue weighted by molar-refractivity contribution is 6.03. The number of pyridine rings is 1. The van der Waals surface area contributed by atoms with E-state index in [0.29, 0.717) is 29.7 Å². The predicted molar refractivity (Wildman–Crippen MR) is 70.3 cm³/mol. The van der Waals surface area contributed by atoms with Crippen molar-refractivity contribution in [3.63, 3.8) is 0 Å². The van der Waals surface area contributed by atoms with Crippen molar-refractivity contribution < 1.29 is 15.0 Å². The first-order chi connectivity index (χ1) is 9.15. The van der Waals surface area contributed by atoms with Crippen LogP contribution in [0.4, 0.5) is 5.69 Å². The molecule has 0 saturated carbocycles. The van der Waals surface area contributed by atoms with Gasteiger partial charge in [-0.25, -0.2) is 9.78 Å². The van der Waals surface area contributed by atoms with Gasteiger partial charge in [0.15, 0.2) is 5.65 Å². The van der Waals surface area contributed by atoms with Crippen LogP contribution in [0.5, 0.6) is 0 Å². The van der Waals surface area contributed by atoms with E-state index in [2.05, 4.69) is 15.4 Å². The average molecular weight is 264 g/mol. The Hall–Kier alpha value is -2.15. The lowest BCUT2D eigenvalue weighted by Crippen LogP contribution is -2.09. The van der Waals surface area contributed by atoms with Crippen LogP contribution >= 0.6 is 0 Å². The van der Waals surface area contributed by atoms with E-state index in [4.69, 9.17) is 5.11 Å². The maximum Gasteiger partial charge on any atom is 0.339 e. The number of aliphatic hydroxyl groups is 1. The summed E-state index contributed by atoms with van der Waals surface area (Å²) in [6, 6.07) is 0. The topological polar surface area (TPSA) is 100 Å². The molecular weight excluding hydrogens is 248 g/mol. The van der Waals surface area contributed by atoms with Gasteiger partial charge in [0.05, 0.1) is 17.3 Å². The molecule has 0 amide bonds. The largest absolute Gasteiger partial charge is 0.478 e. The van der Waals surface area contributed by atoms with Crippen LogP contribution in [0.15, 0.2) is 12.4 Å². The molecule has 0 spiro atoms. The maximum absolute atomic E-state index is 11.2. The second-order valence-corrected chi connectivity index (χ2v) is 4.21. The van der Waals surface area contributed by atoms with Crippen LogP contribution in [-0.2, 0) is 7.05 Å². The van der Waals surface area contributed by atoms with E-state index < -0.39 is 5.97 Å². The molecule has 0 bridgehead atoms. The van der Waals surface area contributed by atoms with Crippen LogP contribution in [-0.4, -0.2) is 44.1 Å². The third-order valence-corrected chi connectivity index (χ3v) is 2.88. The highest BCUT2D eigenvalue weighted by atomic mass is 16.4. The number of rotatable bonds is 6. The molecule has 7 nitrogen and oxygen atoms in total. The Morgan fingerprint density at radius 2 is 2.21 bits per heavy atom. The van der Waals surface area contributed by atoms with Gasteiger partial charge in [-0.15, -0.1) is 0 Å². The summed E-state index contributed by atoms with van der Waals surface area (Å²) >= 11 is 0. The summed E-state index contributed by atoms with van der Waals surface area (Å²) < 4.78 is 1.60. The summed E-state index contributed by atoms with van der Waals surface area (Å²) in [6.45, 7) is 0.723. The molecule has 0 aliphatic rings. The zero-order valence-electron chi connectivity index (χ0n) is 10.6. The number of unbranched alkanes of at least 4 members (excludes halogenated alkanes) is 1. The monoisotopic (exact) mass is 264 g/mol. The van der Waals surface area contributed by atoms with Crippen LogP contribution in [0.1, 0.15) is 23.2 Å². The second kappa shape index (κ2) is 5.66. The van der Waals surface area contributed by atoms with Gasteiger partial charge in [-0.2, -0.15) is 5.10 Å². The molecule has 0 aliphatic carbocycles. The quantitative estimate of drug-likeness (QED) is 0.669. The minimum Gasteiger partial charge on any atom is -0.478 e. The van der Waals surface area contributed by atoms with Gasteiger partial charge in [0.25, 0.3) is 0 Å². The van der Waals surface area contributed by atoms with Crippen molar-refractivity contribution in [1.29, 1.82) is 0 Å². The number of nitrogens with zero attached hydrogens (tertiary/aromatic N) is 3. The fourth-order valence-corrected chi connectivity index (χ4v) is 1.90. The molecule has 0 aromatic carbocycles. The Bertz CT molecular complexity index is 594. The molecule has 102 valence electrons. The van der Waals surface area contributed by atoms with Crippen molar-refractivity contribution in [2.75, 3.05) is 18.5 Å². The predicted octanol–water partition coefficient (Wildman–Crippen LogP) is 0.851. The Balaban J connectivity index is 2.35. The van der Waals surface area contributed by atoms with Crippen molar-refractivity contribution in [2.45, 2.75) is 12.8 Å². The summed E-state index contributed by atoms with van der Waals surface area (Å²) in [4.78, 5) is 15.3. The van der Waals surface area contributed by atoms with E-state index in [1.807, 2.05) is 0 Å². The van der Waals surface area contributed by atoms with Crippen molar-refractivity contribution in [2.24, 2.45) is 7.05 Å². The van der Waals surface area contributed by atoms with Crippen LogP contribution in [0, 0.1) is 0 Å². The SMILES string of the molecule is Cn1ncc2c(NCCCCO)c(C(=O)O)cnc21. The van der Waals surface area contributed by atoms with Gasteiger partial charge in [-0.05, 0) is 12.8 Å². The number of aliphatic hydroxyl groups excluding tert-OH is 1. The number of carboxylic acids is 1. The van der Waals surface area contributed by atoms with Gasteiger partial charge in [0.1, 0.15) is 5.56 Å². The molecule has 0 atom stereocenters. The van der Waals surface area contributed by atoms with Crippen LogP contribution in [0.3, 0.4) is 0 Å². The van der Waals surface area contributed by atoms with E-state index in [9.17, 15) is 9.90 Å². The zero-order valence-corrected chi connectivity index (χ0v) is 10.6. The summed E-state index contributed by atoms with van der Waals surface area (Å²) in [5.41, 5.74) is 1.29. The van der Waals surface area contributed by atoms with Crippen LogP contribution in [0.25, 0.3) is 11.0 Å². The minimum atomic E-state index is -1.03. The molecule has 0 unspecified atom stereocenters. The highest BCUT2D eigenvalue weighted by Gasteiger charge is 2.16. The van der Waals surface area contributed by atoms with Crippen molar-refractivity contribution in [3.05, 3.63) is 18.0 Å². The van der Waals surface area contributed by atoms with E-state index >= 15 is 0 Å². The second-order valence-electron chi connectivity index (χ2n) is 4.21. The normalized spacial score (nSPS) is 10.8. The lowest BCUT2D eigenvalue weighted by molar-refractivity contribution is 0.0697. The van der Waals surface area contributed by atoms with Crippen molar-refractivity contribution in [1.82, 2.24) is 14.8 Å². The first-order valence-electron chi connectivity index (χ1n) is 6.04. The molecule has 0 radical (unpaired) electrons. The fraction of sp³-hybridized carbons (Fsp3) is 0.417. The molecule has 2 aromatic heterocycles. The zero-order chi connectivity index (χ0) is 13.8. The Morgan fingerprint density at radius 1 is 1.42 bits per heavy atom. The number of carboxylic acid groups (broad SMARTS) is 1. The molecule has 0 saturated heterocycles. The lowest BCUT2D eigenvalue weighted by Gasteiger charge is -2.10. The third-order valence-electron chi connectivity index (χ3n) is 2.88. The first kappa shape index (κ1) is 13.3. The molecule has 0 fully saturated rings. The summed E-state index contributed by atoms with van der Waals surface area (Å²) in [7, 11) is 1.76. The average Bonchev–Trinajstić information content (AvgIpc) is 2.76. The molecule has 2 aromatic rings. The molecule has 7 heteroatoms. The van der Waals surface area contributed by atoms with Crippen LogP contribution < -0.4 is 5.32 Å². The van der Waals surface area contributed by atoms with Gasteiger partial charge in [0.2, 0.25) is 0 Å². The van der Waals surface area contributed by atoms with Gasteiger partial charge in [-0.1, -0.05) is 0 Å². The number of anilines is 1. The highest BCUT2D eigenvalue weighted by Crippen LogP contribution is 2.25. The van der Waals surface area contributed by atoms with Gasteiger partial charge in [-0.3, -0.25) is 4.68 Å². The number of aromatic nitrogens is 3. The summed E-state index contributed by atoms with van der Waals surface area (Å²) in [5, 5.41) is 25.8. The number of nitrogens with one attached hydrogen (secondary N) is 1. The first-order valence-corrected chi connectivity index (χ1v) is 6.04. The number of aromatic carboxylic acids is 1. The van der Waals surface area contributed by atoms with Crippen molar-refractivity contribution >= 4 is 22.7 Å². The Labute approximate surface area is 109 Å². The standard InChI is InChI=1S/C12H16N4O3/c1-16-11-8(7-15-16)10(13-4-2-3-5-17)9(6-14-11)12(18)19/h6-7,17H,2-5H2,1H3,(H,13,14)(H,18,19). The van der Waals surface area contributed by atoms with E-state index in [1.165, 1.54) is 6.20 Å². The smallest absolute Gasteiger partial charge is 0.339 e. The van der Waals surface area contributed by atoms with Gasteiger partial charge in [0, 0.05) is 26.4 Å². The summed E-state index contributed by atoms with van der Waals surface area (Å²) in [5.74, 6) is -1.03. The van der Waals surface area contributed by atoms with E-state index in [1.54, 1.807) is 17.9 Å². The number of hydrogen-bond donors (Lipinski definition) is 3. The molecule has 0 aliphatic heterocycles. The van der Waals surface area contributed by atoms with Gasteiger partial charge < -0.3 is 15.5 Å². The maximum atomic E-state index is 11.2. The third kappa shape index (κ3) is 2.65. The lowest BCUT2D eigenvalue weighted by atomic mass is 10.1. The number of aryl methyl sites for hydroxylation is 1.